The zero-order valence-corrected chi connectivity index (χ0v) is 15.1. The van der Waals surface area contributed by atoms with Crippen molar-refractivity contribution < 1.29 is 14.3 Å². The Balaban J connectivity index is 2.02. The maximum Gasteiger partial charge on any atom is 0.277 e. The fraction of sp³-hybridized carbons (Fsp3) is 0.200. The minimum absolute atomic E-state index is 0.0601. The van der Waals surface area contributed by atoms with E-state index < -0.39 is 11.8 Å². The second-order valence-corrected chi connectivity index (χ2v) is 6.24. The molecule has 0 spiro atoms. The maximum absolute atomic E-state index is 12.9. The molecule has 0 bridgehead atoms. The van der Waals surface area contributed by atoms with Crippen molar-refractivity contribution in [3.63, 3.8) is 0 Å². The first kappa shape index (κ1) is 17.2. The number of hydrogen-bond donors (Lipinski definition) is 0. The number of ether oxygens (including phenoxy) is 1. The molecule has 1 aliphatic heterocycles. The molecule has 2 amide bonds. The number of anilines is 1. The van der Waals surface area contributed by atoms with E-state index in [1.807, 2.05) is 39.0 Å². The molecule has 0 aromatic heterocycles. The summed E-state index contributed by atoms with van der Waals surface area (Å²) in [5, 5.41) is -0.0601. The lowest BCUT2D eigenvalue weighted by Gasteiger charge is -2.16. The quantitative estimate of drug-likeness (QED) is 0.771. The first-order valence-corrected chi connectivity index (χ1v) is 8.41. The molecule has 0 N–H and O–H groups in total. The summed E-state index contributed by atoms with van der Waals surface area (Å²) in [6.45, 7) is 6.31. The van der Waals surface area contributed by atoms with Crippen molar-refractivity contribution in [3.8, 4) is 5.75 Å². The molecule has 3 rings (SSSR count). The molecular formula is C20H18ClNO3. The predicted octanol–water partition coefficient (Wildman–Crippen LogP) is 4.23. The summed E-state index contributed by atoms with van der Waals surface area (Å²) >= 11 is 6.23. The van der Waals surface area contributed by atoms with E-state index in [1.165, 1.54) is 0 Å². The van der Waals surface area contributed by atoms with Crippen molar-refractivity contribution in [1.29, 1.82) is 0 Å². The van der Waals surface area contributed by atoms with Gasteiger partial charge in [-0.2, -0.15) is 0 Å². The number of hydrogen-bond acceptors (Lipinski definition) is 3. The summed E-state index contributed by atoms with van der Waals surface area (Å²) in [4.78, 5) is 26.6. The molecule has 0 saturated heterocycles. The molecule has 0 radical (unpaired) electrons. The van der Waals surface area contributed by atoms with Crippen molar-refractivity contribution in [3.05, 3.63) is 64.2 Å². The van der Waals surface area contributed by atoms with Crippen LogP contribution in [0.3, 0.4) is 0 Å². The zero-order chi connectivity index (χ0) is 18.1. The van der Waals surface area contributed by atoms with E-state index in [0.29, 0.717) is 23.6 Å². The van der Waals surface area contributed by atoms with Gasteiger partial charge in [0.2, 0.25) is 0 Å². The van der Waals surface area contributed by atoms with E-state index in [9.17, 15) is 9.59 Å². The van der Waals surface area contributed by atoms with E-state index in [4.69, 9.17) is 16.3 Å². The monoisotopic (exact) mass is 355 g/mol. The Morgan fingerprint density at radius 1 is 1.00 bits per heavy atom. The first-order valence-electron chi connectivity index (χ1n) is 8.03. The summed E-state index contributed by atoms with van der Waals surface area (Å²) in [7, 11) is 0. The van der Waals surface area contributed by atoms with Crippen molar-refractivity contribution >= 4 is 34.7 Å². The molecule has 2 aromatic carbocycles. The largest absolute Gasteiger partial charge is 0.494 e. The van der Waals surface area contributed by atoms with Gasteiger partial charge in [0.1, 0.15) is 10.8 Å². The van der Waals surface area contributed by atoms with Crippen LogP contribution in [-0.4, -0.2) is 18.4 Å². The molecule has 2 aromatic rings. The molecule has 128 valence electrons. The third-order valence-electron chi connectivity index (χ3n) is 4.21. The van der Waals surface area contributed by atoms with Gasteiger partial charge in [-0.25, -0.2) is 4.90 Å². The highest BCUT2D eigenvalue weighted by Crippen LogP contribution is 2.36. The van der Waals surface area contributed by atoms with Gasteiger partial charge in [0, 0.05) is 6.07 Å². The summed E-state index contributed by atoms with van der Waals surface area (Å²) in [6, 6.07) is 12.5. The van der Waals surface area contributed by atoms with Crippen LogP contribution < -0.4 is 9.64 Å². The number of imide groups is 1. The molecule has 1 aliphatic rings. The maximum atomic E-state index is 12.9. The third-order valence-corrected chi connectivity index (χ3v) is 4.56. The Bertz CT molecular complexity index is 902. The van der Waals surface area contributed by atoms with Gasteiger partial charge in [0.05, 0.1) is 17.9 Å². The van der Waals surface area contributed by atoms with Crippen molar-refractivity contribution in [1.82, 2.24) is 0 Å². The standard InChI is InChI=1S/C20H18ClNO3/c1-4-25-16-7-5-6-15(11-16)22-19(23)17(18(21)20(22)24)14-9-8-12(2)13(3)10-14/h5-11H,4H2,1-3H3. The van der Waals surface area contributed by atoms with Gasteiger partial charge >= 0.3 is 0 Å². The van der Waals surface area contributed by atoms with Gasteiger partial charge in [-0.05, 0) is 49.6 Å². The average Bonchev–Trinajstić information content (AvgIpc) is 2.80. The normalized spacial score (nSPS) is 14.5. The Morgan fingerprint density at radius 2 is 1.76 bits per heavy atom. The number of carbonyl (C=O) groups excluding carboxylic acids is 2. The van der Waals surface area contributed by atoms with Crippen LogP contribution in [0.2, 0.25) is 0 Å². The fourth-order valence-electron chi connectivity index (χ4n) is 2.76. The first-order chi connectivity index (χ1) is 11.9. The SMILES string of the molecule is CCOc1cccc(N2C(=O)C(Cl)=C(c3ccc(C)c(C)c3)C2=O)c1. The zero-order valence-electron chi connectivity index (χ0n) is 14.3. The number of benzene rings is 2. The smallest absolute Gasteiger partial charge is 0.277 e. The van der Waals surface area contributed by atoms with Gasteiger partial charge < -0.3 is 4.74 Å². The van der Waals surface area contributed by atoms with Crippen LogP contribution in [0, 0.1) is 13.8 Å². The van der Waals surface area contributed by atoms with Crippen LogP contribution >= 0.6 is 11.6 Å². The lowest BCUT2D eigenvalue weighted by Crippen LogP contribution is -2.31. The van der Waals surface area contributed by atoms with Gasteiger partial charge in [0.25, 0.3) is 11.8 Å². The molecule has 0 fully saturated rings. The number of amides is 2. The van der Waals surface area contributed by atoms with Crippen molar-refractivity contribution in [2.75, 3.05) is 11.5 Å². The second-order valence-electron chi connectivity index (χ2n) is 5.86. The Labute approximate surface area is 151 Å². The van der Waals surface area contributed by atoms with E-state index in [1.54, 1.807) is 24.3 Å². The van der Waals surface area contributed by atoms with Gasteiger partial charge in [-0.15, -0.1) is 0 Å². The molecule has 1 heterocycles. The summed E-state index contributed by atoms with van der Waals surface area (Å²) in [5.41, 5.74) is 3.47. The highest BCUT2D eigenvalue weighted by atomic mass is 35.5. The molecule has 25 heavy (non-hydrogen) atoms. The summed E-state index contributed by atoms with van der Waals surface area (Å²) < 4.78 is 5.45. The Hall–Kier alpha value is -2.59. The van der Waals surface area contributed by atoms with Crippen LogP contribution in [0.1, 0.15) is 23.6 Å². The number of aryl methyl sites for hydroxylation is 2. The Kier molecular flexibility index (Phi) is 4.64. The van der Waals surface area contributed by atoms with Crippen LogP contribution in [0.25, 0.3) is 5.57 Å². The highest BCUT2D eigenvalue weighted by molar-refractivity contribution is 6.60. The summed E-state index contributed by atoms with van der Waals surface area (Å²) in [6.07, 6.45) is 0. The van der Waals surface area contributed by atoms with E-state index in [0.717, 1.165) is 16.0 Å². The van der Waals surface area contributed by atoms with Gasteiger partial charge in [-0.3, -0.25) is 9.59 Å². The molecule has 0 aliphatic carbocycles. The number of nitrogens with zero attached hydrogens (tertiary/aromatic N) is 1. The minimum atomic E-state index is -0.520. The third kappa shape index (κ3) is 3.05. The summed E-state index contributed by atoms with van der Waals surface area (Å²) in [5.74, 6) is -0.350. The average molecular weight is 356 g/mol. The van der Waals surface area contributed by atoms with E-state index in [2.05, 4.69) is 0 Å². The van der Waals surface area contributed by atoms with Crippen LogP contribution in [-0.2, 0) is 9.59 Å². The number of halogens is 1. The van der Waals surface area contributed by atoms with Crippen molar-refractivity contribution in [2.24, 2.45) is 0 Å². The van der Waals surface area contributed by atoms with Crippen molar-refractivity contribution in [2.45, 2.75) is 20.8 Å². The lowest BCUT2D eigenvalue weighted by atomic mass is 10.0. The molecule has 4 nitrogen and oxygen atoms in total. The van der Waals surface area contributed by atoms with Gasteiger partial charge in [0.15, 0.2) is 0 Å². The van der Waals surface area contributed by atoms with Crippen LogP contribution in [0.5, 0.6) is 5.75 Å². The predicted molar refractivity (Wildman–Crippen MR) is 98.8 cm³/mol. The fourth-order valence-corrected chi connectivity index (χ4v) is 3.04. The van der Waals surface area contributed by atoms with E-state index >= 15 is 0 Å². The topological polar surface area (TPSA) is 46.6 Å². The van der Waals surface area contributed by atoms with Gasteiger partial charge in [-0.1, -0.05) is 35.9 Å². The minimum Gasteiger partial charge on any atom is -0.494 e. The molecular weight excluding hydrogens is 338 g/mol. The molecule has 0 unspecified atom stereocenters. The van der Waals surface area contributed by atoms with E-state index in [-0.39, 0.29) is 10.6 Å². The molecule has 0 saturated carbocycles. The van der Waals surface area contributed by atoms with Crippen LogP contribution in [0.15, 0.2) is 47.5 Å². The van der Waals surface area contributed by atoms with Crippen LogP contribution in [0.4, 0.5) is 5.69 Å². The molecule has 5 heteroatoms. The Morgan fingerprint density at radius 3 is 2.44 bits per heavy atom. The number of carbonyl (C=O) groups is 2. The number of rotatable bonds is 4. The second kappa shape index (κ2) is 6.73. The molecule has 0 atom stereocenters. The lowest BCUT2D eigenvalue weighted by molar-refractivity contribution is -0.119. The highest BCUT2D eigenvalue weighted by Gasteiger charge is 2.39.